The van der Waals surface area contributed by atoms with Crippen molar-refractivity contribution >= 4 is 0 Å². The molecule has 2 heteroatoms. The van der Waals surface area contributed by atoms with Crippen molar-refractivity contribution in [2.24, 2.45) is 0 Å². The van der Waals surface area contributed by atoms with Crippen LogP contribution in [0, 0.1) is 13.8 Å². The molecule has 0 spiro atoms. The van der Waals surface area contributed by atoms with Gasteiger partial charge in [0.1, 0.15) is 0 Å². The van der Waals surface area contributed by atoms with Gasteiger partial charge in [-0.25, -0.2) is 0 Å². The van der Waals surface area contributed by atoms with Crippen molar-refractivity contribution in [2.45, 2.75) is 58.8 Å². The molecule has 2 nitrogen and oxygen atoms in total. The second-order valence-electron chi connectivity index (χ2n) is 5.72. The van der Waals surface area contributed by atoms with E-state index < -0.39 is 0 Å². The van der Waals surface area contributed by atoms with Crippen LogP contribution >= 0.6 is 0 Å². The van der Waals surface area contributed by atoms with Crippen molar-refractivity contribution in [3.8, 4) is 0 Å². The molecule has 0 N–H and O–H groups in total. The number of hydrogen-bond donors (Lipinski definition) is 0. The molecule has 1 unspecified atom stereocenters. The first-order valence-corrected chi connectivity index (χ1v) is 6.86. The van der Waals surface area contributed by atoms with Gasteiger partial charge in [0, 0.05) is 6.61 Å². The minimum atomic E-state index is -0.291. The molecule has 0 saturated carbocycles. The number of ether oxygens (including phenoxy) is 2. The fourth-order valence-corrected chi connectivity index (χ4v) is 2.32. The summed E-state index contributed by atoms with van der Waals surface area (Å²) in [5.74, 6) is 0. The first-order valence-electron chi connectivity index (χ1n) is 6.86. The SMILES string of the molecule is Cc1ccc(C(C)(C)OC2CCCCO2)cc1C. The molecule has 0 aliphatic carbocycles. The molecule has 0 radical (unpaired) electrons. The summed E-state index contributed by atoms with van der Waals surface area (Å²) in [4.78, 5) is 0. The zero-order chi connectivity index (χ0) is 13.2. The fourth-order valence-electron chi connectivity index (χ4n) is 2.32. The van der Waals surface area contributed by atoms with Gasteiger partial charge in [0.25, 0.3) is 0 Å². The molecule has 1 aliphatic heterocycles. The summed E-state index contributed by atoms with van der Waals surface area (Å²) in [5, 5.41) is 0. The van der Waals surface area contributed by atoms with Crippen molar-refractivity contribution in [1.29, 1.82) is 0 Å². The quantitative estimate of drug-likeness (QED) is 0.802. The Bertz CT molecular complexity index is 404. The summed E-state index contributed by atoms with van der Waals surface area (Å²) in [6.07, 6.45) is 3.32. The van der Waals surface area contributed by atoms with E-state index >= 15 is 0 Å². The lowest BCUT2D eigenvalue weighted by molar-refractivity contribution is -0.219. The first kappa shape index (κ1) is 13.6. The van der Waals surface area contributed by atoms with E-state index in [4.69, 9.17) is 9.47 Å². The zero-order valence-corrected chi connectivity index (χ0v) is 12.0. The van der Waals surface area contributed by atoms with Crippen LogP contribution in [0.5, 0.6) is 0 Å². The van der Waals surface area contributed by atoms with E-state index in [9.17, 15) is 0 Å². The van der Waals surface area contributed by atoms with Gasteiger partial charge in [-0.15, -0.1) is 0 Å². The highest BCUT2D eigenvalue weighted by molar-refractivity contribution is 5.32. The molecule has 1 aliphatic rings. The average Bonchev–Trinajstić information content (AvgIpc) is 2.33. The van der Waals surface area contributed by atoms with Crippen molar-refractivity contribution in [3.05, 3.63) is 34.9 Å². The highest BCUT2D eigenvalue weighted by atomic mass is 16.7. The van der Waals surface area contributed by atoms with Crippen LogP contribution in [0.2, 0.25) is 0 Å². The average molecular weight is 248 g/mol. The Labute approximate surface area is 110 Å². The number of benzene rings is 1. The van der Waals surface area contributed by atoms with Gasteiger partial charge < -0.3 is 9.47 Å². The molecule has 1 heterocycles. The van der Waals surface area contributed by atoms with Gasteiger partial charge in [0.05, 0.1) is 5.60 Å². The van der Waals surface area contributed by atoms with Crippen molar-refractivity contribution in [1.82, 2.24) is 0 Å². The largest absolute Gasteiger partial charge is 0.353 e. The van der Waals surface area contributed by atoms with Crippen LogP contribution in [0.1, 0.15) is 49.8 Å². The Morgan fingerprint density at radius 3 is 2.56 bits per heavy atom. The summed E-state index contributed by atoms with van der Waals surface area (Å²) in [6, 6.07) is 6.54. The Hall–Kier alpha value is -0.860. The van der Waals surface area contributed by atoms with Crippen molar-refractivity contribution < 1.29 is 9.47 Å². The third-order valence-corrected chi connectivity index (χ3v) is 3.77. The minimum Gasteiger partial charge on any atom is -0.353 e. The van der Waals surface area contributed by atoms with Gasteiger partial charge >= 0.3 is 0 Å². The topological polar surface area (TPSA) is 18.5 Å². The second-order valence-corrected chi connectivity index (χ2v) is 5.72. The predicted molar refractivity (Wildman–Crippen MR) is 73.6 cm³/mol. The van der Waals surface area contributed by atoms with E-state index in [2.05, 4.69) is 45.9 Å². The van der Waals surface area contributed by atoms with Gasteiger partial charge in [-0.1, -0.05) is 18.2 Å². The van der Waals surface area contributed by atoms with Crippen LogP contribution in [-0.4, -0.2) is 12.9 Å². The molecular formula is C16H24O2. The maximum atomic E-state index is 6.14. The number of hydrogen-bond acceptors (Lipinski definition) is 2. The lowest BCUT2D eigenvalue weighted by atomic mass is 9.94. The van der Waals surface area contributed by atoms with Crippen LogP contribution in [0.15, 0.2) is 18.2 Å². The highest BCUT2D eigenvalue weighted by Crippen LogP contribution is 2.30. The van der Waals surface area contributed by atoms with E-state index in [0.717, 1.165) is 19.4 Å². The summed E-state index contributed by atoms with van der Waals surface area (Å²) < 4.78 is 11.8. The molecule has 1 saturated heterocycles. The standard InChI is InChI=1S/C16H24O2/c1-12-8-9-14(11-13(12)2)16(3,4)18-15-7-5-6-10-17-15/h8-9,11,15H,5-7,10H2,1-4H3. The summed E-state index contributed by atoms with van der Waals surface area (Å²) >= 11 is 0. The van der Waals surface area contributed by atoms with Crippen LogP contribution in [0.25, 0.3) is 0 Å². The number of rotatable bonds is 3. The summed E-state index contributed by atoms with van der Waals surface area (Å²) in [6.45, 7) is 9.35. The molecule has 18 heavy (non-hydrogen) atoms. The normalized spacial score (nSPS) is 21.0. The minimum absolute atomic E-state index is 0.0460. The molecule has 1 fully saturated rings. The smallest absolute Gasteiger partial charge is 0.158 e. The molecule has 0 amide bonds. The fraction of sp³-hybridized carbons (Fsp3) is 0.625. The Balaban J connectivity index is 2.10. The van der Waals surface area contributed by atoms with Crippen LogP contribution < -0.4 is 0 Å². The molecule has 1 aromatic carbocycles. The van der Waals surface area contributed by atoms with Gasteiger partial charge in [0.2, 0.25) is 0 Å². The van der Waals surface area contributed by atoms with E-state index in [1.807, 2.05) is 0 Å². The molecule has 0 bridgehead atoms. The van der Waals surface area contributed by atoms with Crippen LogP contribution in [0.4, 0.5) is 0 Å². The second kappa shape index (κ2) is 5.41. The lowest BCUT2D eigenvalue weighted by Gasteiger charge is -2.33. The Kier molecular flexibility index (Phi) is 4.08. The van der Waals surface area contributed by atoms with Crippen LogP contribution in [-0.2, 0) is 15.1 Å². The molecule has 100 valence electrons. The molecule has 1 atom stereocenters. The summed E-state index contributed by atoms with van der Waals surface area (Å²) in [7, 11) is 0. The van der Waals surface area contributed by atoms with Crippen LogP contribution in [0.3, 0.4) is 0 Å². The lowest BCUT2D eigenvalue weighted by Crippen LogP contribution is -2.32. The molecule has 0 aromatic heterocycles. The molecular weight excluding hydrogens is 224 g/mol. The number of aryl methyl sites for hydroxylation is 2. The van der Waals surface area contributed by atoms with Crippen molar-refractivity contribution in [2.75, 3.05) is 6.61 Å². The van der Waals surface area contributed by atoms with Gasteiger partial charge in [0.15, 0.2) is 6.29 Å². The van der Waals surface area contributed by atoms with E-state index in [-0.39, 0.29) is 11.9 Å². The van der Waals surface area contributed by atoms with E-state index in [1.54, 1.807) is 0 Å². The first-order chi connectivity index (χ1) is 8.49. The van der Waals surface area contributed by atoms with E-state index in [0.29, 0.717) is 0 Å². The maximum Gasteiger partial charge on any atom is 0.158 e. The molecule has 2 rings (SSSR count). The Morgan fingerprint density at radius 1 is 1.17 bits per heavy atom. The molecule has 1 aromatic rings. The van der Waals surface area contributed by atoms with E-state index in [1.165, 1.54) is 23.1 Å². The maximum absolute atomic E-state index is 6.14. The summed E-state index contributed by atoms with van der Waals surface area (Å²) in [5.41, 5.74) is 3.57. The van der Waals surface area contributed by atoms with Gasteiger partial charge in [-0.3, -0.25) is 0 Å². The van der Waals surface area contributed by atoms with Gasteiger partial charge in [-0.05, 0) is 63.6 Å². The predicted octanol–water partition coefficient (Wildman–Crippen LogP) is 4.08. The Morgan fingerprint density at radius 2 is 1.94 bits per heavy atom. The van der Waals surface area contributed by atoms with Gasteiger partial charge in [-0.2, -0.15) is 0 Å². The van der Waals surface area contributed by atoms with Crippen molar-refractivity contribution in [3.63, 3.8) is 0 Å². The third-order valence-electron chi connectivity index (χ3n) is 3.77. The highest BCUT2D eigenvalue weighted by Gasteiger charge is 2.27. The zero-order valence-electron chi connectivity index (χ0n) is 12.0. The monoisotopic (exact) mass is 248 g/mol. The third kappa shape index (κ3) is 3.12.